The first-order chi connectivity index (χ1) is 9.33. The Kier molecular flexibility index (Phi) is 5.65. The Balaban J connectivity index is 1.93. The molecule has 0 aromatic heterocycles. The molecule has 1 aliphatic rings. The van der Waals surface area contributed by atoms with E-state index in [4.69, 9.17) is 0 Å². The lowest BCUT2D eigenvalue weighted by Crippen LogP contribution is -2.15. The van der Waals surface area contributed by atoms with E-state index in [1.54, 1.807) is 21.5 Å². The van der Waals surface area contributed by atoms with Crippen LogP contribution in [0.4, 0.5) is 0 Å². The van der Waals surface area contributed by atoms with E-state index in [1.165, 1.54) is 38.5 Å². The molecule has 0 unspecified atom stereocenters. The van der Waals surface area contributed by atoms with Crippen LogP contribution in [0.3, 0.4) is 0 Å². The Hall–Kier alpha value is -1.08. The molecule has 1 aromatic rings. The maximum atomic E-state index is 2.53. The first-order valence-corrected chi connectivity index (χ1v) is 9.19. The van der Waals surface area contributed by atoms with Gasteiger partial charge in [-0.25, -0.2) is 0 Å². The van der Waals surface area contributed by atoms with E-state index in [0.717, 1.165) is 0 Å². The van der Waals surface area contributed by atoms with E-state index in [2.05, 4.69) is 50.3 Å². The summed E-state index contributed by atoms with van der Waals surface area (Å²) < 4.78 is 0. The molecule has 0 amide bonds. The summed E-state index contributed by atoms with van der Waals surface area (Å²) >= 11 is 0. The third-order valence-electron chi connectivity index (χ3n) is 4.01. The summed E-state index contributed by atoms with van der Waals surface area (Å²) in [6, 6.07) is 11.1. The van der Waals surface area contributed by atoms with Gasteiger partial charge in [-0.15, -0.1) is 0 Å². The van der Waals surface area contributed by atoms with Gasteiger partial charge in [0.2, 0.25) is 0 Å². The molecule has 1 aromatic carbocycles. The van der Waals surface area contributed by atoms with Crippen molar-refractivity contribution in [2.75, 3.05) is 0 Å². The van der Waals surface area contributed by atoms with Gasteiger partial charge >= 0.3 is 0 Å². The zero-order chi connectivity index (χ0) is 13.5. The molecule has 0 saturated carbocycles. The molecule has 0 bridgehead atoms. The second-order valence-corrected chi connectivity index (χ2v) is 7.66. The second kappa shape index (κ2) is 7.49. The number of benzene rings is 1. The van der Waals surface area contributed by atoms with Crippen LogP contribution in [0, 0.1) is 0 Å². The van der Waals surface area contributed by atoms with Crippen LogP contribution in [0.1, 0.15) is 52.4 Å². The first-order valence-electron chi connectivity index (χ1n) is 7.77. The van der Waals surface area contributed by atoms with Crippen molar-refractivity contribution in [2.24, 2.45) is 0 Å². The quantitative estimate of drug-likeness (QED) is 0.518. The predicted octanol–water partition coefficient (Wildman–Crippen LogP) is 4.06. The van der Waals surface area contributed by atoms with Crippen molar-refractivity contribution >= 4 is 14.7 Å². The van der Waals surface area contributed by atoms with E-state index < -0.39 is 0 Å². The maximum absolute atomic E-state index is 2.53. The Bertz CT molecular complexity index is 454. The monoisotopic (exact) mass is 270 g/mol. The molecule has 0 atom stereocenters. The summed E-state index contributed by atoms with van der Waals surface area (Å²) in [6.07, 6.45) is 10.5. The van der Waals surface area contributed by atoms with E-state index in [0.29, 0.717) is 0 Å². The Morgan fingerprint density at radius 2 is 1.84 bits per heavy atom. The van der Waals surface area contributed by atoms with Gasteiger partial charge in [0.1, 0.15) is 0 Å². The van der Waals surface area contributed by atoms with Crippen LogP contribution in [-0.2, 0) is 0 Å². The first kappa shape index (κ1) is 14.3. The maximum Gasteiger partial charge on any atom is 0.0828 e. The molecule has 2 rings (SSSR count). The molecule has 0 fully saturated rings. The van der Waals surface area contributed by atoms with Gasteiger partial charge in [0.05, 0.1) is 9.52 Å². The van der Waals surface area contributed by atoms with Gasteiger partial charge < -0.3 is 0 Å². The van der Waals surface area contributed by atoms with Crippen LogP contribution in [0.5, 0.6) is 0 Å². The zero-order valence-corrected chi connectivity index (χ0v) is 13.8. The molecular weight excluding hydrogens is 244 g/mol. The van der Waals surface area contributed by atoms with E-state index in [1.807, 2.05) is 0 Å². The molecule has 0 aliphatic heterocycles. The molecular formula is C18H26Si. The topological polar surface area (TPSA) is 0 Å². The van der Waals surface area contributed by atoms with Gasteiger partial charge in [0.25, 0.3) is 0 Å². The summed E-state index contributed by atoms with van der Waals surface area (Å²) in [4.78, 5) is 0. The normalized spacial score (nSPS) is 15.6. The van der Waals surface area contributed by atoms with Crippen LogP contribution in [0.2, 0.25) is 0 Å². The molecule has 19 heavy (non-hydrogen) atoms. The number of allylic oxidation sites excluding steroid dienone is 4. The highest BCUT2D eigenvalue weighted by molar-refractivity contribution is 6.61. The van der Waals surface area contributed by atoms with E-state index >= 15 is 0 Å². The largest absolute Gasteiger partial charge is 0.0828 e. The van der Waals surface area contributed by atoms with Gasteiger partial charge in [0, 0.05) is 0 Å². The second-order valence-electron chi connectivity index (χ2n) is 5.58. The van der Waals surface area contributed by atoms with Crippen molar-refractivity contribution < 1.29 is 0 Å². The summed E-state index contributed by atoms with van der Waals surface area (Å²) in [6.45, 7) is 4.59. The van der Waals surface area contributed by atoms with Gasteiger partial charge in [-0.05, 0) is 31.3 Å². The summed E-state index contributed by atoms with van der Waals surface area (Å²) in [7, 11) is -0.217. The predicted molar refractivity (Wildman–Crippen MR) is 88.8 cm³/mol. The highest BCUT2D eigenvalue weighted by atomic mass is 28.2. The number of hydrogen-bond acceptors (Lipinski definition) is 0. The molecule has 0 heterocycles. The van der Waals surface area contributed by atoms with Gasteiger partial charge in [0.15, 0.2) is 0 Å². The lowest BCUT2D eigenvalue weighted by molar-refractivity contribution is 0.704. The molecule has 1 heteroatoms. The van der Waals surface area contributed by atoms with Crippen molar-refractivity contribution in [1.82, 2.24) is 0 Å². The summed E-state index contributed by atoms with van der Waals surface area (Å²) in [5.74, 6) is 0. The minimum Gasteiger partial charge on any atom is -0.0783 e. The van der Waals surface area contributed by atoms with E-state index in [-0.39, 0.29) is 9.52 Å². The molecule has 0 radical (unpaired) electrons. The molecule has 0 nitrogen and oxygen atoms in total. The minimum absolute atomic E-state index is 0.217. The van der Waals surface area contributed by atoms with Crippen LogP contribution >= 0.6 is 0 Å². The standard InChI is InChI=1S/C18H26Si/c1-3-5-7-10-16-14-18(13-15(16)4-2)19-17-11-8-6-9-12-17/h6,8-9,11-13H,3-5,7,10,14,19H2,1-2H3. The van der Waals surface area contributed by atoms with Gasteiger partial charge in [-0.2, -0.15) is 0 Å². The van der Waals surface area contributed by atoms with Crippen molar-refractivity contribution in [2.45, 2.75) is 52.4 Å². The van der Waals surface area contributed by atoms with Crippen molar-refractivity contribution in [1.29, 1.82) is 0 Å². The Morgan fingerprint density at radius 3 is 2.53 bits per heavy atom. The van der Waals surface area contributed by atoms with Crippen LogP contribution < -0.4 is 5.19 Å². The highest BCUT2D eigenvalue weighted by Gasteiger charge is 2.14. The third-order valence-corrected chi connectivity index (χ3v) is 5.80. The summed E-state index contributed by atoms with van der Waals surface area (Å²) in [5, 5.41) is 3.33. The van der Waals surface area contributed by atoms with Crippen molar-refractivity contribution in [3.8, 4) is 0 Å². The smallest absolute Gasteiger partial charge is 0.0783 e. The fourth-order valence-electron chi connectivity index (χ4n) is 2.95. The lowest BCUT2D eigenvalue weighted by atomic mass is 10.0. The van der Waals surface area contributed by atoms with Crippen LogP contribution in [0.25, 0.3) is 0 Å². The highest BCUT2D eigenvalue weighted by Crippen LogP contribution is 2.30. The summed E-state index contributed by atoms with van der Waals surface area (Å²) in [5.41, 5.74) is 3.39. The molecule has 102 valence electrons. The SMILES string of the molecule is CCCCCC1=C(CC)C=C([SiH2]c2ccccc2)C1. The Morgan fingerprint density at radius 1 is 1.05 bits per heavy atom. The minimum atomic E-state index is -0.217. The molecule has 0 saturated heterocycles. The molecule has 1 aliphatic carbocycles. The Labute approximate surface area is 120 Å². The van der Waals surface area contributed by atoms with Crippen molar-refractivity contribution in [3.63, 3.8) is 0 Å². The van der Waals surface area contributed by atoms with Crippen molar-refractivity contribution in [3.05, 3.63) is 52.8 Å². The van der Waals surface area contributed by atoms with Crippen LogP contribution in [0.15, 0.2) is 52.8 Å². The van der Waals surface area contributed by atoms with E-state index in [9.17, 15) is 0 Å². The average molecular weight is 270 g/mol. The van der Waals surface area contributed by atoms with Gasteiger partial charge in [-0.3, -0.25) is 0 Å². The number of rotatable bonds is 7. The molecule has 0 N–H and O–H groups in total. The zero-order valence-electron chi connectivity index (χ0n) is 12.4. The van der Waals surface area contributed by atoms with Gasteiger partial charge in [-0.1, -0.05) is 79.1 Å². The number of unbranched alkanes of at least 4 members (excludes halogenated alkanes) is 2. The third kappa shape index (κ3) is 4.21. The lowest BCUT2D eigenvalue weighted by Gasteiger charge is -2.06. The number of hydrogen-bond donors (Lipinski definition) is 0. The fraction of sp³-hybridized carbons (Fsp3) is 0.444. The molecule has 0 spiro atoms. The van der Waals surface area contributed by atoms with Crippen LogP contribution in [-0.4, -0.2) is 9.52 Å². The average Bonchev–Trinajstić information content (AvgIpc) is 2.82. The fourth-order valence-corrected chi connectivity index (χ4v) is 4.76.